The van der Waals surface area contributed by atoms with E-state index in [-0.39, 0.29) is 5.91 Å². The molecule has 1 unspecified atom stereocenters. The first-order valence-electron chi connectivity index (χ1n) is 12.1. The number of rotatable bonds is 6. The number of halogens is 1. The first-order valence-corrected chi connectivity index (χ1v) is 12.4. The minimum atomic E-state index is -0.653. The molecule has 6 nitrogen and oxygen atoms in total. The third kappa shape index (κ3) is 4.85. The molecular formula is C27H31ClN4O2. The number of aliphatic hydroxyl groups is 1. The number of aliphatic hydroxyl groups excluding tert-OH is 1. The molecule has 1 fully saturated rings. The summed E-state index contributed by atoms with van der Waals surface area (Å²) in [6.07, 6.45) is 2.72. The van der Waals surface area contributed by atoms with Crippen LogP contribution in [-0.4, -0.2) is 71.2 Å². The first kappa shape index (κ1) is 23.0. The van der Waals surface area contributed by atoms with Gasteiger partial charge in [-0.15, -0.1) is 0 Å². The van der Waals surface area contributed by atoms with Crippen LogP contribution in [0.15, 0.2) is 66.9 Å². The van der Waals surface area contributed by atoms with Gasteiger partial charge in [0.1, 0.15) is 0 Å². The predicted molar refractivity (Wildman–Crippen MR) is 136 cm³/mol. The van der Waals surface area contributed by atoms with Crippen molar-refractivity contribution in [3.63, 3.8) is 0 Å². The van der Waals surface area contributed by atoms with Gasteiger partial charge < -0.3 is 19.5 Å². The maximum atomic E-state index is 13.3. The summed E-state index contributed by atoms with van der Waals surface area (Å²) >= 11 is 6.01. The number of hydrogen-bond donors (Lipinski definition) is 1. The summed E-state index contributed by atoms with van der Waals surface area (Å²) in [5, 5.41) is 11.6. The second-order valence-corrected chi connectivity index (χ2v) is 9.51. The molecule has 3 aromatic rings. The molecule has 2 aliphatic rings. The van der Waals surface area contributed by atoms with E-state index in [4.69, 9.17) is 11.6 Å². The van der Waals surface area contributed by atoms with Crippen LogP contribution in [0.3, 0.4) is 0 Å². The predicted octanol–water partition coefficient (Wildman–Crippen LogP) is 4.22. The van der Waals surface area contributed by atoms with Crippen molar-refractivity contribution in [1.82, 2.24) is 14.4 Å². The number of aromatic nitrogens is 1. The molecule has 2 aromatic carbocycles. The lowest BCUT2D eigenvalue weighted by atomic mass is 10.1. The minimum Gasteiger partial charge on any atom is -0.387 e. The monoisotopic (exact) mass is 478 g/mol. The van der Waals surface area contributed by atoms with Crippen LogP contribution in [0.25, 0.3) is 5.69 Å². The lowest BCUT2D eigenvalue weighted by Gasteiger charge is -2.36. The molecule has 1 aromatic heterocycles. The Morgan fingerprint density at radius 1 is 0.853 bits per heavy atom. The summed E-state index contributed by atoms with van der Waals surface area (Å²) in [5.74, 6) is 0.0220. The molecule has 7 heteroatoms. The fourth-order valence-corrected chi connectivity index (χ4v) is 5.17. The van der Waals surface area contributed by atoms with E-state index in [9.17, 15) is 9.90 Å². The number of nitrogens with zero attached hydrogens (tertiary/aromatic N) is 4. The van der Waals surface area contributed by atoms with Gasteiger partial charge in [-0.3, -0.25) is 9.69 Å². The maximum Gasteiger partial charge on any atom is 0.255 e. The third-order valence-corrected chi connectivity index (χ3v) is 7.18. The van der Waals surface area contributed by atoms with Gasteiger partial charge in [0.15, 0.2) is 0 Å². The van der Waals surface area contributed by atoms with Crippen molar-refractivity contribution in [2.45, 2.75) is 18.9 Å². The maximum absolute atomic E-state index is 13.3. The molecule has 3 heterocycles. The smallest absolute Gasteiger partial charge is 0.255 e. The van der Waals surface area contributed by atoms with Crippen molar-refractivity contribution >= 4 is 23.2 Å². The van der Waals surface area contributed by atoms with Crippen LogP contribution < -0.4 is 4.90 Å². The summed E-state index contributed by atoms with van der Waals surface area (Å²) < 4.78 is 1.95. The number of carbonyl (C=O) groups is 1. The second kappa shape index (κ2) is 10.2. The Balaban J connectivity index is 1.16. The van der Waals surface area contributed by atoms with E-state index in [0.717, 1.165) is 49.9 Å². The number of hydrogen-bond acceptors (Lipinski definition) is 4. The van der Waals surface area contributed by atoms with Crippen molar-refractivity contribution in [2.24, 2.45) is 0 Å². The number of anilines is 1. The molecule has 1 saturated heterocycles. The van der Waals surface area contributed by atoms with Crippen LogP contribution in [0.2, 0.25) is 5.02 Å². The fourth-order valence-electron chi connectivity index (χ4n) is 5.05. The number of benzene rings is 2. The Morgan fingerprint density at radius 3 is 2.32 bits per heavy atom. The third-order valence-electron chi connectivity index (χ3n) is 6.93. The zero-order valence-corrected chi connectivity index (χ0v) is 20.1. The number of amides is 1. The lowest BCUT2D eigenvalue weighted by Crippen LogP contribution is -2.47. The van der Waals surface area contributed by atoms with Gasteiger partial charge in [-0.1, -0.05) is 29.8 Å². The highest BCUT2D eigenvalue weighted by Crippen LogP contribution is 2.30. The van der Waals surface area contributed by atoms with E-state index in [0.29, 0.717) is 30.8 Å². The number of piperazine rings is 1. The van der Waals surface area contributed by atoms with Crippen molar-refractivity contribution < 1.29 is 9.90 Å². The van der Waals surface area contributed by atoms with E-state index >= 15 is 0 Å². The lowest BCUT2D eigenvalue weighted by molar-refractivity contribution is 0.0738. The molecular weight excluding hydrogens is 448 g/mol. The van der Waals surface area contributed by atoms with Crippen molar-refractivity contribution in [2.75, 3.05) is 50.7 Å². The first-order chi connectivity index (χ1) is 16.6. The molecule has 0 aliphatic carbocycles. The normalized spacial score (nSPS) is 19.2. The van der Waals surface area contributed by atoms with Crippen molar-refractivity contribution in [1.29, 1.82) is 0 Å². The Labute approximate surface area is 206 Å². The summed E-state index contributed by atoms with van der Waals surface area (Å²) in [7, 11) is 0. The van der Waals surface area contributed by atoms with Crippen LogP contribution in [0.4, 0.5) is 5.69 Å². The zero-order valence-electron chi connectivity index (χ0n) is 19.3. The Hall–Kier alpha value is -2.80. The zero-order chi connectivity index (χ0) is 23.5. The standard InChI is InChI=1S/C27H31ClN4O2/c28-21-7-9-22(10-8-21)30-19-17-29(18-20-30)13-4-14-31-15-12-25(33)26-24(27(31)34)11-16-32(26)23-5-2-1-3-6-23/h1-3,5-11,16,25,33H,4,12-15,17-20H2. The molecule has 178 valence electrons. The average Bonchev–Trinajstić information content (AvgIpc) is 3.28. The number of carbonyl (C=O) groups excluding carboxylic acids is 1. The largest absolute Gasteiger partial charge is 0.387 e. The van der Waals surface area contributed by atoms with Crippen LogP contribution in [-0.2, 0) is 0 Å². The molecule has 0 saturated carbocycles. The van der Waals surface area contributed by atoms with Crippen LogP contribution in [0.5, 0.6) is 0 Å². The van der Waals surface area contributed by atoms with Crippen LogP contribution >= 0.6 is 11.6 Å². The highest BCUT2D eigenvalue weighted by molar-refractivity contribution is 6.30. The summed E-state index contributed by atoms with van der Waals surface area (Å²) in [6, 6.07) is 19.8. The molecule has 1 N–H and O–H groups in total. The van der Waals surface area contributed by atoms with Gasteiger partial charge in [-0.2, -0.15) is 0 Å². The minimum absolute atomic E-state index is 0.0220. The van der Waals surface area contributed by atoms with E-state index in [1.54, 1.807) is 0 Å². The van der Waals surface area contributed by atoms with Gasteiger partial charge >= 0.3 is 0 Å². The van der Waals surface area contributed by atoms with Gasteiger partial charge in [0, 0.05) is 61.9 Å². The fraction of sp³-hybridized carbons (Fsp3) is 0.370. The highest BCUT2D eigenvalue weighted by atomic mass is 35.5. The van der Waals surface area contributed by atoms with Gasteiger partial charge in [-0.25, -0.2) is 0 Å². The molecule has 5 rings (SSSR count). The molecule has 0 spiro atoms. The number of fused-ring (bicyclic) bond motifs is 1. The van der Waals surface area contributed by atoms with Crippen LogP contribution in [0.1, 0.15) is 35.0 Å². The summed E-state index contributed by atoms with van der Waals surface area (Å²) in [4.78, 5) is 20.1. The number of para-hydroxylation sites is 1. The molecule has 0 bridgehead atoms. The van der Waals surface area contributed by atoms with E-state index in [1.165, 1.54) is 5.69 Å². The highest BCUT2D eigenvalue weighted by Gasteiger charge is 2.30. The van der Waals surface area contributed by atoms with Crippen molar-refractivity contribution in [3.05, 3.63) is 83.1 Å². The molecule has 2 aliphatic heterocycles. The molecule has 1 amide bonds. The van der Waals surface area contributed by atoms with Gasteiger partial charge in [0.25, 0.3) is 5.91 Å². The van der Waals surface area contributed by atoms with Crippen LogP contribution in [0, 0.1) is 0 Å². The Morgan fingerprint density at radius 2 is 1.59 bits per heavy atom. The average molecular weight is 479 g/mol. The van der Waals surface area contributed by atoms with E-state index in [1.807, 2.05) is 64.2 Å². The Kier molecular flexibility index (Phi) is 6.90. The van der Waals surface area contributed by atoms with E-state index < -0.39 is 6.10 Å². The van der Waals surface area contributed by atoms with E-state index in [2.05, 4.69) is 21.9 Å². The quantitative estimate of drug-likeness (QED) is 0.576. The second-order valence-electron chi connectivity index (χ2n) is 9.08. The Bertz CT molecular complexity index is 1110. The summed E-state index contributed by atoms with van der Waals surface area (Å²) in [6.45, 7) is 6.27. The van der Waals surface area contributed by atoms with Crippen molar-refractivity contribution in [3.8, 4) is 5.69 Å². The topological polar surface area (TPSA) is 52.0 Å². The molecule has 1 atom stereocenters. The SMILES string of the molecule is O=C1c2ccn(-c3ccccc3)c2C(O)CCN1CCCN1CCN(c2ccc(Cl)cc2)CC1. The molecule has 0 radical (unpaired) electrons. The van der Waals surface area contributed by atoms with Gasteiger partial charge in [0.2, 0.25) is 0 Å². The van der Waals surface area contributed by atoms with Gasteiger partial charge in [0.05, 0.1) is 17.4 Å². The van der Waals surface area contributed by atoms with Gasteiger partial charge in [-0.05, 0) is 61.9 Å². The molecule has 34 heavy (non-hydrogen) atoms. The summed E-state index contributed by atoms with van der Waals surface area (Å²) in [5.41, 5.74) is 3.50.